The number of likely N-dealkylation sites (N-methyl/N-ethyl adjacent to an activating group) is 1. The summed E-state index contributed by atoms with van der Waals surface area (Å²) in [4.78, 5) is 46.7. The number of hydrogen-bond acceptors (Lipinski definition) is 13. The van der Waals surface area contributed by atoms with Crippen LogP contribution < -0.4 is 30.7 Å². The van der Waals surface area contributed by atoms with Gasteiger partial charge in [0.05, 0.1) is 65.6 Å². The van der Waals surface area contributed by atoms with Crippen LogP contribution in [0.2, 0.25) is 0 Å². The van der Waals surface area contributed by atoms with E-state index in [1.165, 1.54) is 0 Å². The van der Waals surface area contributed by atoms with E-state index >= 15 is 0 Å². The number of allylic oxidation sites excluding steroid dienone is 2. The van der Waals surface area contributed by atoms with Crippen molar-refractivity contribution in [1.29, 1.82) is 0 Å². The Hall–Kier alpha value is -6.33. The molecule has 3 amide bonds. The Morgan fingerprint density at radius 3 is 2.14 bits per heavy atom. The van der Waals surface area contributed by atoms with E-state index in [0.717, 1.165) is 61.2 Å². The smallest absolute Gasteiger partial charge is 0.247 e. The molecule has 1 fully saturated rings. The van der Waals surface area contributed by atoms with Crippen molar-refractivity contribution >= 4 is 35.8 Å². The number of aryl methyl sites for hydroxylation is 1. The zero-order valence-electron chi connectivity index (χ0n) is 40.6. The number of nitrogens with two attached hydrogens (primary N) is 1. The molecule has 16 nitrogen and oxygen atoms in total. The second-order valence-electron chi connectivity index (χ2n) is 16.4. The predicted molar refractivity (Wildman–Crippen MR) is 272 cm³/mol. The van der Waals surface area contributed by atoms with E-state index in [9.17, 15) is 14.4 Å². The van der Waals surface area contributed by atoms with Gasteiger partial charge >= 0.3 is 0 Å². The van der Waals surface area contributed by atoms with E-state index in [2.05, 4.69) is 45.8 Å². The first-order valence-electron chi connectivity index (χ1n) is 23.7. The molecule has 1 saturated carbocycles. The van der Waals surface area contributed by atoms with E-state index in [4.69, 9.17) is 34.3 Å². The molecule has 4 rings (SSSR count). The fourth-order valence-electron chi connectivity index (χ4n) is 6.96. The topological polar surface area (TPSA) is 188 Å². The van der Waals surface area contributed by atoms with Crippen LogP contribution in [0.5, 0.6) is 17.2 Å². The highest BCUT2D eigenvalue weighted by molar-refractivity contribution is 6.30. The number of nitrogens with one attached hydrogen (secondary N) is 2. The highest BCUT2D eigenvalue weighted by atomic mass is 16.5. The standard InChI is InChI=1S/C53H73N7O9/c1-5-9-42(6-2)38-56-53(63)52(45-15-21-48(64-4)22-16-45)60(40-44-10-11-44)51(62)25-14-43-12-19-49(20-13-43)68-30-8-7-28-59(3)29-33-67-35-34-65-31-26-47(58-54)39-55-27-32-66-36-37-69-50-23-17-46(18-24-50)57-41-61/h5-6,9,12-13,15-24,39,41,44,52H,1-2,7-8,10-11,14,25-38,40,54H2,3-4H3,(H,56,63)(H,57,61)/b42-9+,55-39?,58-47-. The fraction of sp³-hybridized carbons (Fsp3) is 0.453. The van der Waals surface area contributed by atoms with Crippen LogP contribution >= 0.6 is 0 Å². The monoisotopic (exact) mass is 952 g/mol. The molecule has 69 heavy (non-hydrogen) atoms. The molecule has 0 radical (unpaired) electrons. The quantitative estimate of drug-likeness (QED) is 0.0141. The van der Waals surface area contributed by atoms with Gasteiger partial charge in [0.1, 0.15) is 29.9 Å². The number of aliphatic imine (C=N–C) groups is 1. The number of ether oxygens (including phenoxy) is 6. The molecule has 1 unspecified atom stereocenters. The molecule has 0 heterocycles. The summed E-state index contributed by atoms with van der Waals surface area (Å²) in [6.45, 7) is 14.5. The zero-order valence-corrected chi connectivity index (χ0v) is 40.6. The van der Waals surface area contributed by atoms with E-state index in [1.807, 2.05) is 48.5 Å². The normalized spacial score (nSPS) is 13.2. The minimum atomic E-state index is -0.784. The largest absolute Gasteiger partial charge is 0.497 e. The van der Waals surface area contributed by atoms with Crippen LogP contribution in [-0.2, 0) is 35.0 Å². The maximum absolute atomic E-state index is 14.0. The van der Waals surface area contributed by atoms with Crippen LogP contribution in [0.3, 0.4) is 0 Å². The molecule has 16 heteroatoms. The number of unbranched alkanes of at least 4 members (excludes halogenated alkanes) is 1. The summed E-state index contributed by atoms with van der Waals surface area (Å²) in [5.74, 6) is 7.76. The minimum Gasteiger partial charge on any atom is -0.497 e. The molecule has 0 spiro atoms. The first kappa shape index (κ1) is 55.3. The van der Waals surface area contributed by atoms with Gasteiger partial charge in [-0.05, 0) is 117 Å². The molecule has 0 saturated heterocycles. The average molecular weight is 952 g/mol. The summed E-state index contributed by atoms with van der Waals surface area (Å²) in [6, 6.07) is 21.6. The van der Waals surface area contributed by atoms with Gasteiger partial charge in [-0.1, -0.05) is 55.7 Å². The van der Waals surface area contributed by atoms with E-state index < -0.39 is 6.04 Å². The van der Waals surface area contributed by atoms with Crippen molar-refractivity contribution in [2.75, 3.05) is 105 Å². The number of anilines is 1. The molecule has 0 bridgehead atoms. The molecule has 1 atom stereocenters. The maximum atomic E-state index is 14.0. The van der Waals surface area contributed by atoms with Crippen molar-refractivity contribution in [3.8, 4) is 17.2 Å². The van der Waals surface area contributed by atoms with Gasteiger partial charge in [-0.15, -0.1) is 0 Å². The summed E-state index contributed by atoms with van der Waals surface area (Å²) < 4.78 is 34.0. The lowest BCUT2D eigenvalue weighted by molar-refractivity contribution is -0.141. The maximum Gasteiger partial charge on any atom is 0.247 e. The minimum absolute atomic E-state index is 0.0637. The van der Waals surface area contributed by atoms with Crippen LogP contribution in [0.25, 0.3) is 0 Å². The van der Waals surface area contributed by atoms with Gasteiger partial charge in [-0.3, -0.25) is 19.4 Å². The van der Waals surface area contributed by atoms with Gasteiger partial charge in [0, 0.05) is 44.4 Å². The Morgan fingerprint density at radius 2 is 1.48 bits per heavy atom. The second kappa shape index (κ2) is 33.2. The molecule has 0 aliphatic heterocycles. The zero-order chi connectivity index (χ0) is 49.3. The lowest BCUT2D eigenvalue weighted by Crippen LogP contribution is -2.45. The van der Waals surface area contributed by atoms with Crippen LogP contribution in [0, 0.1) is 5.92 Å². The first-order valence-corrected chi connectivity index (χ1v) is 23.7. The third kappa shape index (κ3) is 22.6. The van der Waals surface area contributed by atoms with Crippen molar-refractivity contribution in [2.45, 2.75) is 51.0 Å². The molecular weight excluding hydrogens is 879 g/mol. The molecule has 3 aromatic rings. The van der Waals surface area contributed by atoms with Crippen molar-refractivity contribution in [2.24, 2.45) is 21.9 Å². The number of methoxy groups -OCH3 is 1. The Labute approximate surface area is 408 Å². The third-order valence-corrected chi connectivity index (χ3v) is 11.1. The summed E-state index contributed by atoms with van der Waals surface area (Å²) in [7, 11) is 3.68. The number of amides is 3. The van der Waals surface area contributed by atoms with Crippen molar-refractivity contribution in [3.63, 3.8) is 0 Å². The summed E-state index contributed by atoms with van der Waals surface area (Å²) in [5, 5.41) is 9.40. The highest BCUT2D eigenvalue weighted by Crippen LogP contribution is 2.34. The Morgan fingerprint density at radius 1 is 0.812 bits per heavy atom. The fourth-order valence-corrected chi connectivity index (χ4v) is 6.96. The van der Waals surface area contributed by atoms with Crippen molar-refractivity contribution < 1.29 is 42.8 Å². The lowest BCUT2D eigenvalue weighted by Gasteiger charge is -2.32. The number of rotatable bonds is 38. The van der Waals surface area contributed by atoms with E-state index in [-0.39, 0.29) is 24.8 Å². The number of hydrogen-bond donors (Lipinski definition) is 3. The second-order valence-corrected chi connectivity index (χ2v) is 16.4. The van der Waals surface area contributed by atoms with E-state index in [1.54, 1.807) is 60.7 Å². The Bertz CT molecular complexity index is 2060. The lowest BCUT2D eigenvalue weighted by atomic mass is 10.0. The predicted octanol–water partition coefficient (Wildman–Crippen LogP) is 6.59. The molecule has 4 N–H and O–H groups in total. The van der Waals surface area contributed by atoms with E-state index in [0.29, 0.717) is 114 Å². The van der Waals surface area contributed by atoms with Crippen LogP contribution in [-0.4, -0.2) is 140 Å². The summed E-state index contributed by atoms with van der Waals surface area (Å²) >= 11 is 0. The SMILES string of the molecule is C=C/C=C(\C=C)CNC(=O)C(c1ccc(OC)cc1)N(CC1CC1)C(=O)CCc1ccc(OCCCCN(C)CCOCCOCC/C(C=NCCOCCOc2ccc(NC=O)cc2)=N/N)cc1. The summed E-state index contributed by atoms with van der Waals surface area (Å²) in [6.07, 6.45) is 12.8. The Kier molecular flexibility index (Phi) is 26.6. The summed E-state index contributed by atoms with van der Waals surface area (Å²) in [5.41, 5.74) is 3.92. The van der Waals surface area contributed by atoms with Gasteiger partial charge in [0.2, 0.25) is 18.2 Å². The molecule has 374 valence electrons. The van der Waals surface area contributed by atoms with Crippen LogP contribution in [0.15, 0.2) is 120 Å². The molecule has 3 aromatic carbocycles. The van der Waals surface area contributed by atoms with Crippen LogP contribution in [0.1, 0.15) is 55.7 Å². The number of carbonyl (C=O) groups excluding carboxylic acids is 3. The molecule has 1 aliphatic rings. The molecule has 1 aliphatic carbocycles. The van der Waals surface area contributed by atoms with Crippen molar-refractivity contribution in [3.05, 3.63) is 121 Å². The number of carbonyl (C=O) groups is 3. The molecule has 0 aromatic heterocycles. The van der Waals surface area contributed by atoms with Gasteiger partial charge in [0.25, 0.3) is 0 Å². The van der Waals surface area contributed by atoms with Crippen LogP contribution in [0.4, 0.5) is 5.69 Å². The Balaban J connectivity index is 1.04. The van der Waals surface area contributed by atoms with Crippen molar-refractivity contribution in [1.82, 2.24) is 15.1 Å². The average Bonchev–Trinajstić information content (AvgIpc) is 4.20. The van der Waals surface area contributed by atoms with Gasteiger partial charge in [-0.25, -0.2) is 0 Å². The van der Waals surface area contributed by atoms with Gasteiger partial charge < -0.3 is 54.7 Å². The highest BCUT2D eigenvalue weighted by Gasteiger charge is 2.35. The molecular formula is C53H73N7O9. The number of hydrazone groups is 1. The van der Waals surface area contributed by atoms with Gasteiger partial charge in [0.15, 0.2) is 0 Å². The number of nitrogens with zero attached hydrogens (tertiary/aromatic N) is 4. The van der Waals surface area contributed by atoms with Gasteiger partial charge in [-0.2, -0.15) is 5.10 Å². The third-order valence-electron chi connectivity index (χ3n) is 11.1. The first-order chi connectivity index (χ1) is 33.8. The number of benzene rings is 3.